The van der Waals surface area contributed by atoms with Gasteiger partial charge in [0.15, 0.2) is 9.84 Å². The van der Waals surface area contributed by atoms with Gasteiger partial charge in [0.2, 0.25) is 5.91 Å². The molecule has 0 fully saturated rings. The maximum atomic E-state index is 11.9. The fourth-order valence-corrected chi connectivity index (χ4v) is 1.50. The maximum absolute atomic E-state index is 11.9. The van der Waals surface area contributed by atoms with E-state index < -0.39 is 32.0 Å². The van der Waals surface area contributed by atoms with Gasteiger partial charge in [0.25, 0.3) is 0 Å². The third kappa shape index (κ3) is 4.64. The van der Waals surface area contributed by atoms with Gasteiger partial charge in [0.05, 0.1) is 0 Å². The van der Waals surface area contributed by atoms with Gasteiger partial charge in [-0.3, -0.25) is 9.59 Å². The van der Waals surface area contributed by atoms with Gasteiger partial charge in [-0.05, 0) is 34.1 Å². The molecule has 0 heterocycles. The second-order valence-electron chi connectivity index (χ2n) is 5.51. The van der Waals surface area contributed by atoms with Crippen LogP contribution in [0.2, 0.25) is 0 Å². The Bertz CT molecular complexity index is 436. The predicted molar refractivity (Wildman–Crippen MR) is 68.0 cm³/mol. The third-order valence-corrected chi connectivity index (χ3v) is 4.93. The lowest BCUT2D eigenvalue weighted by molar-refractivity contribution is -0.138. The molecule has 106 valence electrons. The second-order valence-corrected chi connectivity index (χ2v) is 8.08. The zero-order valence-electron chi connectivity index (χ0n) is 11.4. The van der Waals surface area contributed by atoms with Gasteiger partial charge in [0.1, 0.15) is 4.75 Å². The number of rotatable bonds is 6. The van der Waals surface area contributed by atoms with Crippen molar-refractivity contribution in [3.05, 3.63) is 0 Å². The average molecular weight is 279 g/mol. The Kier molecular flexibility index (Phi) is 4.93. The van der Waals surface area contributed by atoms with Crippen molar-refractivity contribution in [3.8, 4) is 0 Å². The highest BCUT2D eigenvalue weighted by Crippen LogP contribution is 2.19. The van der Waals surface area contributed by atoms with Gasteiger partial charge >= 0.3 is 5.97 Å². The first kappa shape index (κ1) is 16.9. The van der Waals surface area contributed by atoms with Crippen LogP contribution in [0.5, 0.6) is 0 Å². The van der Waals surface area contributed by atoms with E-state index in [1.54, 1.807) is 13.8 Å². The number of aliphatic carboxylic acids is 1. The number of carboxylic acid groups (broad SMARTS) is 1. The number of hydrogen-bond acceptors (Lipinski definition) is 4. The monoisotopic (exact) mass is 279 g/mol. The lowest BCUT2D eigenvalue weighted by atomic mass is 9.97. The van der Waals surface area contributed by atoms with Crippen molar-refractivity contribution in [2.45, 2.75) is 50.8 Å². The molecule has 0 bridgehead atoms. The van der Waals surface area contributed by atoms with E-state index in [0.29, 0.717) is 0 Å². The predicted octanol–water partition coefficient (Wildman–Crippen LogP) is 0.569. The molecule has 0 aromatic heterocycles. The zero-order chi connectivity index (χ0) is 14.8. The molecule has 0 rings (SSSR count). The Morgan fingerprint density at radius 1 is 1.17 bits per heavy atom. The molecular formula is C11H21NO5S. The molecule has 0 saturated carbocycles. The van der Waals surface area contributed by atoms with Crippen LogP contribution in [0.1, 0.15) is 40.5 Å². The molecule has 0 saturated heterocycles. The Morgan fingerprint density at radius 2 is 1.61 bits per heavy atom. The van der Waals surface area contributed by atoms with E-state index in [2.05, 4.69) is 5.32 Å². The highest BCUT2D eigenvalue weighted by molar-refractivity contribution is 7.92. The Hall–Kier alpha value is -1.11. The van der Waals surface area contributed by atoms with Crippen LogP contribution < -0.4 is 5.32 Å². The molecule has 0 unspecified atom stereocenters. The minimum atomic E-state index is -3.53. The minimum absolute atomic E-state index is 0.0907. The van der Waals surface area contributed by atoms with Gasteiger partial charge < -0.3 is 10.4 Å². The van der Waals surface area contributed by atoms with Crippen LogP contribution in [0.4, 0.5) is 0 Å². The average Bonchev–Trinajstić information content (AvgIpc) is 2.12. The molecule has 6 nitrogen and oxygen atoms in total. The van der Waals surface area contributed by atoms with Crippen LogP contribution in [-0.2, 0) is 19.4 Å². The Labute approximate surface area is 108 Å². The van der Waals surface area contributed by atoms with Gasteiger partial charge in [-0.25, -0.2) is 8.42 Å². The van der Waals surface area contributed by atoms with E-state index in [-0.39, 0.29) is 12.8 Å². The summed E-state index contributed by atoms with van der Waals surface area (Å²) < 4.78 is 21.4. The minimum Gasteiger partial charge on any atom is -0.481 e. The van der Waals surface area contributed by atoms with Crippen LogP contribution in [0, 0.1) is 0 Å². The highest BCUT2D eigenvalue weighted by atomic mass is 32.2. The standard InChI is InChI=1S/C11H21NO5S/c1-10(2,7-6-8(13)14)12-9(15)11(3,4)18(5,16)17/h6-7H2,1-5H3,(H,12,15)(H,13,14). The molecule has 0 atom stereocenters. The van der Waals surface area contributed by atoms with E-state index in [9.17, 15) is 18.0 Å². The van der Waals surface area contributed by atoms with Gasteiger partial charge in [-0.1, -0.05) is 0 Å². The number of carbonyl (C=O) groups is 2. The van der Waals surface area contributed by atoms with Crippen molar-refractivity contribution in [1.29, 1.82) is 0 Å². The molecule has 0 aliphatic rings. The van der Waals surface area contributed by atoms with E-state index in [4.69, 9.17) is 5.11 Å². The molecule has 0 aliphatic heterocycles. The van der Waals surface area contributed by atoms with Gasteiger partial charge in [-0.2, -0.15) is 0 Å². The number of sulfone groups is 1. The van der Waals surface area contributed by atoms with Crippen molar-refractivity contribution in [2.75, 3.05) is 6.26 Å². The molecule has 18 heavy (non-hydrogen) atoms. The van der Waals surface area contributed by atoms with Crippen molar-refractivity contribution >= 4 is 21.7 Å². The number of carbonyl (C=O) groups excluding carboxylic acids is 1. The largest absolute Gasteiger partial charge is 0.481 e. The first-order chi connectivity index (χ1) is 7.79. The summed E-state index contributed by atoms with van der Waals surface area (Å²) in [5.41, 5.74) is -0.766. The van der Waals surface area contributed by atoms with Crippen molar-refractivity contribution in [3.63, 3.8) is 0 Å². The first-order valence-corrected chi connectivity index (χ1v) is 7.43. The highest BCUT2D eigenvalue weighted by Gasteiger charge is 2.40. The Morgan fingerprint density at radius 3 is 1.94 bits per heavy atom. The van der Waals surface area contributed by atoms with Gasteiger partial charge in [-0.15, -0.1) is 0 Å². The van der Waals surface area contributed by atoms with Crippen molar-refractivity contribution < 1.29 is 23.1 Å². The summed E-state index contributed by atoms with van der Waals surface area (Å²) in [5.74, 6) is -1.58. The van der Waals surface area contributed by atoms with E-state index in [1.807, 2.05) is 0 Å². The molecule has 1 amide bonds. The first-order valence-electron chi connectivity index (χ1n) is 5.53. The van der Waals surface area contributed by atoms with Crippen LogP contribution in [0.3, 0.4) is 0 Å². The smallest absolute Gasteiger partial charge is 0.303 e. The van der Waals surface area contributed by atoms with Gasteiger partial charge in [0, 0.05) is 18.2 Å². The molecular weight excluding hydrogens is 258 g/mol. The zero-order valence-corrected chi connectivity index (χ0v) is 12.2. The third-order valence-electron chi connectivity index (χ3n) is 2.89. The number of amides is 1. The molecule has 0 spiro atoms. The quantitative estimate of drug-likeness (QED) is 0.740. The van der Waals surface area contributed by atoms with E-state index >= 15 is 0 Å². The molecule has 0 aliphatic carbocycles. The van der Waals surface area contributed by atoms with Crippen LogP contribution in [-0.4, -0.2) is 41.9 Å². The van der Waals surface area contributed by atoms with Crippen LogP contribution in [0.25, 0.3) is 0 Å². The lowest BCUT2D eigenvalue weighted by Crippen LogP contribution is -2.54. The number of hydrogen-bond donors (Lipinski definition) is 2. The molecule has 2 N–H and O–H groups in total. The maximum Gasteiger partial charge on any atom is 0.303 e. The van der Waals surface area contributed by atoms with Crippen LogP contribution in [0.15, 0.2) is 0 Å². The summed E-state index contributed by atoms with van der Waals surface area (Å²) in [4.78, 5) is 22.4. The lowest BCUT2D eigenvalue weighted by Gasteiger charge is -2.30. The Balaban J connectivity index is 4.81. The summed E-state index contributed by atoms with van der Waals surface area (Å²) in [6.45, 7) is 5.97. The van der Waals surface area contributed by atoms with Crippen molar-refractivity contribution in [2.24, 2.45) is 0 Å². The fourth-order valence-electron chi connectivity index (χ4n) is 1.11. The molecule has 0 aromatic rings. The topological polar surface area (TPSA) is 101 Å². The van der Waals surface area contributed by atoms with E-state index in [0.717, 1.165) is 6.26 Å². The molecule has 7 heteroatoms. The van der Waals surface area contributed by atoms with Crippen LogP contribution >= 0.6 is 0 Å². The summed E-state index contributed by atoms with van der Waals surface area (Å²) in [5, 5.41) is 11.2. The SMILES string of the molecule is CC(C)(CCC(=O)O)NC(=O)C(C)(C)S(C)(=O)=O. The van der Waals surface area contributed by atoms with Crippen molar-refractivity contribution in [1.82, 2.24) is 5.32 Å². The number of nitrogens with one attached hydrogen (secondary N) is 1. The summed E-state index contributed by atoms with van der Waals surface area (Å²) >= 11 is 0. The molecule has 0 radical (unpaired) electrons. The fraction of sp³-hybridized carbons (Fsp3) is 0.818. The normalized spacial score (nSPS) is 13.2. The summed E-state index contributed by atoms with van der Waals surface area (Å²) in [7, 11) is -3.53. The number of carboxylic acids is 1. The summed E-state index contributed by atoms with van der Waals surface area (Å²) in [6, 6.07) is 0. The summed E-state index contributed by atoms with van der Waals surface area (Å²) in [6.07, 6.45) is 1.14. The molecule has 0 aromatic carbocycles. The van der Waals surface area contributed by atoms with E-state index in [1.165, 1.54) is 13.8 Å². The second kappa shape index (κ2) is 5.26.